The highest BCUT2D eigenvalue weighted by atomic mass is 32.1. The van der Waals surface area contributed by atoms with Crippen LogP contribution in [0.5, 0.6) is 0 Å². The molecule has 1 atom stereocenters. The van der Waals surface area contributed by atoms with Gasteiger partial charge < -0.3 is 9.73 Å². The van der Waals surface area contributed by atoms with Gasteiger partial charge in [0.05, 0.1) is 15.8 Å². The number of thiophene rings is 1. The number of aromatic nitrogens is 1. The average molecular weight is 566 g/mol. The lowest BCUT2D eigenvalue weighted by molar-refractivity contribution is -0.113. The Bertz CT molecular complexity index is 1940. The average Bonchev–Trinajstić information content (AvgIpc) is 3.71. The van der Waals surface area contributed by atoms with Crippen molar-refractivity contribution in [2.24, 2.45) is 4.99 Å². The largest absolute Gasteiger partial charge is 0.457 e. The lowest BCUT2D eigenvalue weighted by Gasteiger charge is -2.24. The van der Waals surface area contributed by atoms with Crippen LogP contribution in [0.1, 0.15) is 40.9 Å². The second-order valence-electron chi connectivity index (χ2n) is 9.25. The quantitative estimate of drug-likeness (QED) is 0.279. The van der Waals surface area contributed by atoms with Crippen molar-refractivity contribution in [1.29, 1.82) is 0 Å². The number of para-hydroxylation sites is 1. The third kappa shape index (κ3) is 4.81. The predicted octanol–water partition coefficient (Wildman–Crippen LogP) is 5.40. The molecule has 0 bridgehead atoms. The number of hydrogen-bond donors (Lipinski definition) is 1. The summed E-state index contributed by atoms with van der Waals surface area (Å²) in [5.74, 6) is 0.841. The van der Waals surface area contributed by atoms with E-state index in [2.05, 4.69) is 10.3 Å². The number of nitrogens with one attached hydrogen (secondary N) is 1. The third-order valence-electron chi connectivity index (χ3n) is 6.59. The molecule has 9 heteroatoms. The van der Waals surface area contributed by atoms with Crippen molar-refractivity contribution in [2.45, 2.75) is 19.9 Å². The van der Waals surface area contributed by atoms with Crippen molar-refractivity contribution in [3.8, 4) is 11.3 Å². The van der Waals surface area contributed by atoms with Crippen molar-refractivity contribution >= 4 is 46.1 Å². The number of anilines is 1. The molecular weight excluding hydrogens is 542 g/mol. The molecule has 3 aromatic heterocycles. The van der Waals surface area contributed by atoms with Crippen LogP contribution in [0.25, 0.3) is 17.4 Å². The van der Waals surface area contributed by atoms with Gasteiger partial charge in [0.2, 0.25) is 0 Å². The minimum absolute atomic E-state index is 0.00106. The number of furan rings is 1. The van der Waals surface area contributed by atoms with Gasteiger partial charge in [-0.2, -0.15) is 0 Å². The zero-order valence-corrected chi connectivity index (χ0v) is 23.2. The van der Waals surface area contributed by atoms with E-state index in [4.69, 9.17) is 4.42 Å². The van der Waals surface area contributed by atoms with Crippen molar-refractivity contribution in [3.05, 3.63) is 131 Å². The van der Waals surface area contributed by atoms with Gasteiger partial charge >= 0.3 is 0 Å². The summed E-state index contributed by atoms with van der Waals surface area (Å²) < 4.78 is 8.07. The first-order valence-electron chi connectivity index (χ1n) is 12.5. The monoisotopic (exact) mass is 565 g/mol. The van der Waals surface area contributed by atoms with E-state index in [1.54, 1.807) is 35.8 Å². The van der Waals surface area contributed by atoms with Gasteiger partial charge in [0.15, 0.2) is 10.6 Å². The molecule has 0 spiro atoms. The number of ketones is 1. The van der Waals surface area contributed by atoms with Gasteiger partial charge in [0.1, 0.15) is 17.6 Å². The number of carbonyl (C=O) groups excluding carboxylic acids is 2. The molecule has 1 amide bonds. The van der Waals surface area contributed by atoms with E-state index in [1.807, 2.05) is 66.0 Å². The van der Waals surface area contributed by atoms with Gasteiger partial charge in [-0.25, -0.2) is 4.99 Å². The number of carbonyl (C=O) groups is 2. The molecule has 0 fully saturated rings. The van der Waals surface area contributed by atoms with Gasteiger partial charge in [-0.05, 0) is 49.6 Å². The van der Waals surface area contributed by atoms with Crippen molar-refractivity contribution in [1.82, 2.24) is 4.57 Å². The van der Waals surface area contributed by atoms with Crippen LogP contribution in [0.15, 0.2) is 110 Å². The maximum Gasteiger partial charge on any atom is 0.271 e. The number of Topliss-reactive ketones (excluding diaryl/α,β-unsaturated/α-hetero) is 1. The number of amides is 1. The molecule has 40 heavy (non-hydrogen) atoms. The van der Waals surface area contributed by atoms with Crippen molar-refractivity contribution in [3.63, 3.8) is 0 Å². The summed E-state index contributed by atoms with van der Waals surface area (Å²) >= 11 is 2.75. The Morgan fingerprint density at radius 3 is 2.48 bits per heavy atom. The molecule has 5 aromatic rings. The zero-order chi connectivity index (χ0) is 27.8. The molecule has 1 aliphatic rings. The molecule has 1 N–H and O–H groups in total. The normalized spacial score (nSPS) is 15.1. The van der Waals surface area contributed by atoms with Crippen LogP contribution in [-0.2, 0) is 4.79 Å². The van der Waals surface area contributed by atoms with Crippen molar-refractivity contribution in [2.75, 3.05) is 5.32 Å². The minimum atomic E-state index is -0.603. The summed E-state index contributed by atoms with van der Waals surface area (Å²) in [6.07, 6.45) is 1.70. The topological polar surface area (TPSA) is 93.7 Å². The second-order valence-corrected chi connectivity index (χ2v) is 11.2. The van der Waals surface area contributed by atoms with E-state index in [1.165, 1.54) is 29.6 Å². The van der Waals surface area contributed by atoms with E-state index in [9.17, 15) is 14.4 Å². The van der Waals surface area contributed by atoms with Crippen LogP contribution in [0.4, 0.5) is 5.69 Å². The second kappa shape index (κ2) is 10.5. The molecular formula is C31H23N3O4S2. The highest BCUT2D eigenvalue weighted by Gasteiger charge is 2.33. The Balaban J connectivity index is 1.39. The highest BCUT2D eigenvalue weighted by molar-refractivity contribution is 7.10. The summed E-state index contributed by atoms with van der Waals surface area (Å²) in [5.41, 5.74) is 2.87. The van der Waals surface area contributed by atoms with Crippen LogP contribution >= 0.6 is 22.7 Å². The predicted molar refractivity (Wildman–Crippen MR) is 157 cm³/mol. The summed E-state index contributed by atoms with van der Waals surface area (Å²) in [6.45, 7) is 3.33. The maximum atomic E-state index is 13.8. The van der Waals surface area contributed by atoms with Gasteiger partial charge in [0.25, 0.3) is 11.5 Å². The molecule has 7 nitrogen and oxygen atoms in total. The smallest absolute Gasteiger partial charge is 0.271 e. The lowest BCUT2D eigenvalue weighted by Crippen LogP contribution is -2.40. The van der Waals surface area contributed by atoms with E-state index < -0.39 is 6.04 Å². The number of nitrogens with zero attached hydrogens (tertiary/aromatic N) is 2. The standard InChI is InChI=1S/C31H23N3O4S2/c1-18-27(29(36)33-22-7-4-3-5-8-22)28(25-9-6-16-39-25)34-30(37)26(40-31(34)32-18)17-23-14-15-24(38-23)21-12-10-20(11-13-21)19(2)35/h3-17,28H,1-2H3,(H,33,36)/b26-17-/t28-/m1/s1. The SMILES string of the molecule is CC(=O)c1ccc(-c2ccc(/C=c3\sc4n(c3=O)[C@H](c3cccs3)C(C(=O)Nc3ccccc3)=C(C)N=4)o2)cc1. The fourth-order valence-corrected chi connectivity index (χ4v) is 6.48. The number of allylic oxidation sites excluding steroid dienone is 1. The molecule has 1 aliphatic heterocycles. The summed E-state index contributed by atoms with van der Waals surface area (Å²) in [4.78, 5) is 45.0. The molecule has 6 rings (SSSR count). The molecule has 0 saturated heterocycles. The highest BCUT2D eigenvalue weighted by Crippen LogP contribution is 2.33. The summed E-state index contributed by atoms with van der Waals surface area (Å²) in [5, 5.41) is 4.88. The van der Waals surface area contributed by atoms with Crippen LogP contribution in [-0.4, -0.2) is 16.3 Å². The first-order chi connectivity index (χ1) is 19.4. The number of benzene rings is 2. The molecule has 0 unspecified atom stereocenters. The number of rotatable bonds is 6. The molecule has 0 saturated carbocycles. The molecule has 2 aromatic carbocycles. The number of hydrogen-bond acceptors (Lipinski definition) is 7. The zero-order valence-electron chi connectivity index (χ0n) is 21.6. The summed E-state index contributed by atoms with van der Waals surface area (Å²) in [7, 11) is 0. The molecule has 0 radical (unpaired) electrons. The number of thiazole rings is 1. The van der Waals surface area contributed by atoms with Gasteiger partial charge in [0, 0.05) is 27.8 Å². The fraction of sp³-hybridized carbons (Fsp3) is 0.0968. The molecule has 198 valence electrons. The van der Waals surface area contributed by atoms with Crippen molar-refractivity contribution < 1.29 is 14.0 Å². The van der Waals surface area contributed by atoms with Crippen LogP contribution in [0.3, 0.4) is 0 Å². The maximum absolute atomic E-state index is 13.8. The Hall–Kier alpha value is -4.60. The van der Waals surface area contributed by atoms with E-state index in [0.29, 0.717) is 43.4 Å². The first kappa shape index (κ1) is 25.7. The Kier molecular flexibility index (Phi) is 6.75. The van der Waals surface area contributed by atoms with E-state index in [0.717, 1.165) is 10.4 Å². The van der Waals surface area contributed by atoms with Gasteiger partial charge in [-0.15, -0.1) is 11.3 Å². The van der Waals surface area contributed by atoms with Gasteiger partial charge in [-0.3, -0.25) is 19.0 Å². The van der Waals surface area contributed by atoms with Crippen LogP contribution in [0, 0.1) is 0 Å². The minimum Gasteiger partial charge on any atom is -0.457 e. The molecule has 0 aliphatic carbocycles. The van der Waals surface area contributed by atoms with E-state index in [-0.39, 0.29) is 17.2 Å². The summed E-state index contributed by atoms with van der Waals surface area (Å²) in [6, 6.07) is 23.3. The number of fused-ring (bicyclic) bond motifs is 1. The lowest BCUT2D eigenvalue weighted by atomic mass is 10.0. The third-order valence-corrected chi connectivity index (χ3v) is 8.49. The van der Waals surface area contributed by atoms with Crippen LogP contribution < -0.4 is 20.2 Å². The fourth-order valence-electron chi connectivity index (χ4n) is 4.63. The Labute approximate surface area is 237 Å². The first-order valence-corrected chi connectivity index (χ1v) is 14.2. The van der Waals surface area contributed by atoms with E-state index >= 15 is 0 Å². The van der Waals surface area contributed by atoms with Crippen LogP contribution in [0.2, 0.25) is 0 Å². The van der Waals surface area contributed by atoms with Gasteiger partial charge in [-0.1, -0.05) is 59.9 Å². The Morgan fingerprint density at radius 1 is 1.00 bits per heavy atom. The Morgan fingerprint density at radius 2 is 1.77 bits per heavy atom. The molecule has 4 heterocycles.